The minimum Gasteiger partial charge on any atom is -0.496 e. The second-order valence-electron chi connectivity index (χ2n) is 11.0. The van der Waals surface area contributed by atoms with Crippen molar-refractivity contribution in [1.29, 1.82) is 0 Å². The molecule has 5 nitrogen and oxygen atoms in total. The molecule has 192 valence electrons. The molecule has 6 rings (SSSR count). The lowest BCUT2D eigenvalue weighted by atomic mass is 9.79. The van der Waals surface area contributed by atoms with Crippen molar-refractivity contribution in [2.75, 3.05) is 43.6 Å². The van der Waals surface area contributed by atoms with Gasteiger partial charge in [0, 0.05) is 35.6 Å². The zero-order valence-corrected chi connectivity index (χ0v) is 22.5. The van der Waals surface area contributed by atoms with E-state index in [0.29, 0.717) is 0 Å². The maximum absolute atomic E-state index is 6.96. The molecule has 3 aliphatic heterocycles. The highest BCUT2D eigenvalue weighted by atomic mass is 16.5. The molecule has 1 atom stereocenters. The first-order valence-corrected chi connectivity index (χ1v) is 13.3. The summed E-state index contributed by atoms with van der Waals surface area (Å²) < 4.78 is 18.5. The summed E-state index contributed by atoms with van der Waals surface area (Å²) in [6, 6.07) is 11.3. The average Bonchev–Trinajstić information content (AvgIpc) is 3.09. The Balaban J connectivity index is 1.59. The zero-order chi connectivity index (χ0) is 25.7. The molecule has 1 fully saturated rings. The minimum absolute atomic E-state index is 0.115. The molecule has 4 aliphatic rings. The minimum atomic E-state index is -0.234. The quantitative estimate of drug-likeness (QED) is 0.509. The van der Waals surface area contributed by atoms with Crippen LogP contribution in [0.2, 0.25) is 0 Å². The highest BCUT2D eigenvalue weighted by Gasteiger charge is 2.37. The molecule has 0 bridgehead atoms. The number of fused-ring (bicyclic) bond motifs is 5. The molecular weight excluding hydrogens is 460 g/mol. The van der Waals surface area contributed by atoms with Crippen molar-refractivity contribution in [1.82, 2.24) is 0 Å². The van der Waals surface area contributed by atoms with Crippen LogP contribution in [0.4, 0.5) is 11.4 Å². The third-order valence-corrected chi connectivity index (χ3v) is 7.64. The molecule has 1 N–H and O–H groups in total. The van der Waals surface area contributed by atoms with Crippen molar-refractivity contribution in [3.63, 3.8) is 0 Å². The normalized spacial score (nSPS) is 22.0. The van der Waals surface area contributed by atoms with Gasteiger partial charge in [-0.15, -0.1) is 0 Å². The summed E-state index contributed by atoms with van der Waals surface area (Å²) in [5.41, 5.74) is 10.6. The molecule has 5 heteroatoms. The van der Waals surface area contributed by atoms with Gasteiger partial charge in [-0.05, 0) is 86.7 Å². The van der Waals surface area contributed by atoms with Crippen molar-refractivity contribution in [3.05, 3.63) is 94.0 Å². The zero-order valence-electron chi connectivity index (χ0n) is 22.5. The maximum Gasteiger partial charge on any atom is 0.150 e. The molecule has 1 saturated heterocycles. The van der Waals surface area contributed by atoms with Crippen LogP contribution in [-0.2, 0) is 14.2 Å². The van der Waals surface area contributed by atoms with Crippen molar-refractivity contribution in [2.45, 2.75) is 45.8 Å². The van der Waals surface area contributed by atoms with E-state index in [-0.39, 0.29) is 11.6 Å². The second-order valence-corrected chi connectivity index (χ2v) is 11.0. The molecule has 1 aliphatic carbocycles. The topological polar surface area (TPSA) is 43.0 Å². The highest BCUT2D eigenvalue weighted by Crippen LogP contribution is 2.51. The number of morpholine rings is 1. The summed E-state index contributed by atoms with van der Waals surface area (Å²) in [6.07, 6.45) is 9.27. The van der Waals surface area contributed by atoms with Crippen molar-refractivity contribution < 1.29 is 14.2 Å². The van der Waals surface area contributed by atoms with Crippen LogP contribution in [-0.4, -0.2) is 39.0 Å². The van der Waals surface area contributed by atoms with Gasteiger partial charge in [-0.2, -0.15) is 0 Å². The second kappa shape index (κ2) is 9.14. The van der Waals surface area contributed by atoms with Crippen LogP contribution in [0.1, 0.15) is 61.1 Å². The molecule has 2 aromatic carbocycles. The van der Waals surface area contributed by atoms with Crippen LogP contribution in [0.5, 0.6) is 0 Å². The van der Waals surface area contributed by atoms with Gasteiger partial charge in [0.15, 0.2) is 6.10 Å². The van der Waals surface area contributed by atoms with Gasteiger partial charge in [0.05, 0.1) is 31.4 Å². The van der Waals surface area contributed by atoms with E-state index in [2.05, 4.69) is 92.5 Å². The summed E-state index contributed by atoms with van der Waals surface area (Å²) in [7, 11) is 1.74. The molecule has 0 radical (unpaired) electrons. The van der Waals surface area contributed by atoms with Crippen molar-refractivity contribution in [2.24, 2.45) is 0 Å². The molecule has 0 amide bonds. The Morgan fingerprint density at radius 3 is 2.68 bits per heavy atom. The molecular formula is C32H36N2O3. The largest absolute Gasteiger partial charge is 0.496 e. The van der Waals surface area contributed by atoms with E-state index >= 15 is 0 Å². The van der Waals surface area contributed by atoms with Crippen LogP contribution in [0.15, 0.2) is 66.2 Å². The summed E-state index contributed by atoms with van der Waals surface area (Å²) in [6.45, 7) is 12.2. The van der Waals surface area contributed by atoms with Gasteiger partial charge in [-0.25, -0.2) is 0 Å². The molecule has 0 spiro atoms. The van der Waals surface area contributed by atoms with Crippen molar-refractivity contribution >= 4 is 22.5 Å². The first kappa shape index (κ1) is 23.9. The average molecular weight is 497 g/mol. The number of ether oxygens (including phenoxy) is 3. The molecule has 37 heavy (non-hydrogen) atoms. The Bertz CT molecular complexity index is 1370. The van der Waals surface area contributed by atoms with Crippen LogP contribution in [0.25, 0.3) is 11.1 Å². The van der Waals surface area contributed by atoms with E-state index in [0.717, 1.165) is 55.5 Å². The lowest BCUT2D eigenvalue weighted by molar-refractivity contribution is 0.122. The Kier molecular flexibility index (Phi) is 5.91. The number of rotatable bonds is 3. The first-order valence-electron chi connectivity index (χ1n) is 13.3. The fraction of sp³-hybridized carbons (Fsp3) is 0.375. The van der Waals surface area contributed by atoms with E-state index < -0.39 is 0 Å². The number of nitrogens with zero attached hydrogens (tertiary/aromatic N) is 1. The maximum atomic E-state index is 6.96. The molecule has 0 aromatic heterocycles. The first-order chi connectivity index (χ1) is 17.8. The Labute approximate surface area is 220 Å². The summed E-state index contributed by atoms with van der Waals surface area (Å²) >= 11 is 0. The number of hydrogen-bond donors (Lipinski definition) is 1. The SMILES string of the molecule is COC1=C2C(=CCC=C1)OC(c1cc(C)cc(N3CCOCC3)c1)c1c2ccc2c1C(C)=CC(C)(C)N2. The molecule has 2 aromatic rings. The standard InChI is InChI=1S/C32H36N2O3/c1-20-16-22(18-23(17-20)34-12-14-36-15-13-34)31-30-24(29-26(35-5)8-6-7-9-27(29)37-31)10-11-25-28(30)21(2)19-32(3,4)33-25/h6,8-11,16-19,31,33H,7,12-15H2,1-5H3. The fourth-order valence-corrected chi connectivity index (χ4v) is 6.20. The van der Waals surface area contributed by atoms with E-state index in [1.54, 1.807) is 7.11 Å². The van der Waals surface area contributed by atoms with Gasteiger partial charge < -0.3 is 24.4 Å². The monoisotopic (exact) mass is 496 g/mol. The Morgan fingerprint density at radius 2 is 1.89 bits per heavy atom. The van der Waals surface area contributed by atoms with E-state index in [1.807, 2.05) is 0 Å². The number of allylic oxidation sites excluding steroid dienone is 5. The Morgan fingerprint density at radius 1 is 1.08 bits per heavy atom. The van der Waals surface area contributed by atoms with E-state index in [4.69, 9.17) is 14.2 Å². The molecule has 1 unspecified atom stereocenters. The third kappa shape index (κ3) is 4.25. The predicted molar refractivity (Wildman–Crippen MR) is 151 cm³/mol. The van der Waals surface area contributed by atoms with Crippen LogP contribution in [0, 0.1) is 6.92 Å². The number of nitrogens with one attached hydrogen (secondary N) is 1. The van der Waals surface area contributed by atoms with Crippen LogP contribution >= 0.6 is 0 Å². The van der Waals surface area contributed by atoms with E-state index in [9.17, 15) is 0 Å². The van der Waals surface area contributed by atoms with Gasteiger partial charge in [0.1, 0.15) is 11.5 Å². The van der Waals surface area contributed by atoms with Crippen LogP contribution in [0.3, 0.4) is 0 Å². The number of hydrogen-bond acceptors (Lipinski definition) is 5. The van der Waals surface area contributed by atoms with E-state index in [1.165, 1.54) is 39.1 Å². The van der Waals surface area contributed by atoms with Gasteiger partial charge >= 0.3 is 0 Å². The van der Waals surface area contributed by atoms with Gasteiger partial charge in [-0.3, -0.25) is 0 Å². The molecule has 0 saturated carbocycles. The molecule has 3 heterocycles. The fourth-order valence-electron chi connectivity index (χ4n) is 6.20. The summed E-state index contributed by atoms with van der Waals surface area (Å²) in [4.78, 5) is 2.42. The number of methoxy groups -OCH3 is 1. The van der Waals surface area contributed by atoms with Gasteiger partial charge in [0.2, 0.25) is 0 Å². The van der Waals surface area contributed by atoms with Gasteiger partial charge in [0.25, 0.3) is 0 Å². The van der Waals surface area contributed by atoms with Crippen LogP contribution < -0.4 is 10.2 Å². The Hall–Kier alpha value is -3.44. The predicted octanol–water partition coefficient (Wildman–Crippen LogP) is 6.76. The number of benzene rings is 2. The number of aryl methyl sites for hydroxylation is 1. The third-order valence-electron chi connectivity index (χ3n) is 7.64. The lowest BCUT2D eigenvalue weighted by Crippen LogP contribution is -2.36. The summed E-state index contributed by atoms with van der Waals surface area (Å²) in [5, 5.41) is 3.74. The number of anilines is 2. The highest BCUT2D eigenvalue weighted by molar-refractivity contribution is 5.92. The summed E-state index contributed by atoms with van der Waals surface area (Å²) in [5.74, 6) is 1.73. The lowest BCUT2D eigenvalue weighted by Gasteiger charge is -2.38. The van der Waals surface area contributed by atoms with Crippen molar-refractivity contribution in [3.8, 4) is 0 Å². The smallest absolute Gasteiger partial charge is 0.150 e. The van der Waals surface area contributed by atoms with Gasteiger partial charge in [-0.1, -0.05) is 24.3 Å².